The Bertz CT molecular complexity index is 471. The summed E-state index contributed by atoms with van der Waals surface area (Å²) < 4.78 is 25.8. The number of nitrogens with one attached hydrogen (secondary N) is 2. The zero-order valence-electron chi connectivity index (χ0n) is 12.1. The van der Waals surface area contributed by atoms with Crippen LogP contribution in [0, 0.1) is 11.6 Å². The molecule has 3 nitrogen and oxygen atoms in total. The third kappa shape index (κ3) is 5.42. The van der Waals surface area contributed by atoms with E-state index in [0.717, 1.165) is 12.1 Å². The van der Waals surface area contributed by atoms with Gasteiger partial charge in [-0.3, -0.25) is 4.79 Å². The van der Waals surface area contributed by atoms with E-state index < -0.39 is 11.6 Å². The van der Waals surface area contributed by atoms with Crippen LogP contribution in [0.25, 0.3) is 0 Å². The van der Waals surface area contributed by atoms with Gasteiger partial charge in [0.25, 0.3) is 0 Å². The van der Waals surface area contributed by atoms with Crippen LogP contribution < -0.4 is 10.6 Å². The van der Waals surface area contributed by atoms with Crippen molar-refractivity contribution in [2.45, 2.75) is 51.0 Å². The molecule has 0 aromatic heterocycles. The fourth-order valence-corrected chi connectivity index (χ4v) is 2.67. The summed E-state index contributed by atoms with van der Waals surface area (Å²) in [6, 6.07) is 3.86. The lowest BCUT2D eigenvalue weighted by Gasteiger charge is -2.15. The summed E-state index contributed by atoms with van der Waals surface area (Å²) in [4.78, 5) is 11.8. The summed E-state index contributed by atoms with van der Waals surface area (Å²) in [7, 11) is 0. The molecule has 1 aromatic rings. The minimum atomic E-state index is -0.954. The third-order valence-electron chi connectivity index (χ3n) is 3.84. The summed E-state index contributed by atoms with van der Waals surface area (Å²) in [6.45, 7) is 0.611. The van der Waals surface area contributed by atoms with Gasteiger partial charge in [-0.05, 0) is 25.0 Å². The average molecular weight is 296 g/mol. The molecule has 0 atom stereocenters. The molecule has 0 aliphatic heterocycles. The van der Waals surface area contributed by atoms with Crippen molar-refractivity contribution in [3.63, 3.8) is 0 Å². The summed E-state index contributed by atoms with van der Waals surface area (Å²) in [5, 5.41) is 5.98. The summed E-state index contributed by atoms with van der Waals surface area (Å²) in [5.74, 6) is -2.06. The van der Waals surface area contributed by atoms with Gasteiger partial charge in [0.1, 0.15) is 0 Å². The van der Waals surface area contributed by atoms with Crippen molar-refractivity contribution >= 4 is 11.6 Å². The van der Waals surface area contributed by atoms with Crippen molar-refractivity contribution in [2.75, 3.05) is 11.9 Å². The van der Waals surface area contributed by atoms with Crippen molar-refractivity contribution in [3.05, 3.63) is 29.8 Å². The van der Waals surface area contributed by atoms with E-state index in [2.05, 4.69) is 10.6 Å². The van der Waals surface area contributed by atoms with Crippen LogP contribution in [0.15, 0.2) is 18.2 Å². The number of halogens is 2. The Hall–Kier alpha value is -1.49. The van der Waals surface area contributed by atoms with Crippen molar-refractivity contribution in [3.8, 4) is 0 Å². The maximum atomic E-state index is 13.0. The van der Waals surface area contributed by atoms with E-state index >= 15 is 0 Å². The van der Waals surface area contributed by atoms with E-state index in [4.69, 9.17) is 0 Å². The second kappa shape index (κ2) is 8.08. The molecule has 1 aliphatic rings. The molecule has 0 unspecified atom stereocenters. The van der Waals surface area contributed by atoms with Gasteiger partial charge in [0, 0.05) is 30.8 Å². The fourth-order valence-electron chi connectivity index (χ4n) is 2.67. The number of carbonyl (C=O) groups is 1. The third-order valence-corrected chi connectivity index (χ3v) is 3.84. The van der Waals surface area contributed by atoms with E-state index in [1.165, 1.54) is 44.6 Å². The maximum absolute atomic E-state index is 13.0. The van der Waals surface area contributed by atoms with Crippen molar-refractivity contribution in [2.24, 2.45) is 0 Å². The molecule has 1 aromatic carbocycles. The Morgan fingerprint density at radius 3 is 2.48 bits per heavy atom. The van der Waals surface area contributed by atoms with Crippen molar-refractivity contribution in [1.29, 1.82) is 0 Å². The molecule has 0 heterocycles. The largest absolute Gasteiger partial charge is 0.326 e. The zero-order chi connectivity index (χ0) is 15.1. The van der Waals surface area contributed by atoms with Crippen LogP contribution in [-0.2, 0) is 4.79 Å². The van der Waals surface area contributed by atoms with Crippen LogP contribution in [0.1, 0.15) is 44.9 Å². The van der Waals surface area contributed by atoms with Gasteiger partial charge in [0.2, 0.25) is 5.91 Å². The van der Waals surface area contributed by atoms with E-state index in [1.807, 2.05) is 0 Å². The van der Waals surface area contributed by atoms with Crippen LogP contribution in [0.4, 0.5) is 14.5 Å². The Kier molecular flexibility index (Phi) is 6.11. The first-order chi connectivity index (χ1) is 10.1. The Balaban J connectivity index is 1.70. The normalized spacial score (nSPS) is 16.5. The number of anilines is 1. The molecular formula is C16H22F2N2O. The second-order valence-electron chi connectivity index (χ2n) is 5.57. The summed E-state index contributed by atoms with van der Waals surface area (Å²) in [5.41, 5.74) is 0.286. The Morgan fingerprint density at radius 2 is 1.81 bits per heavy atom. The Labute approximate surface area is 124 Å². The zero-order valence-corrected chi connectivity index (χ0v) is 12.1. The SMILES string of the molecule is O=C(CCNC1CCCCCC1)Nc1ccc(F)c(F)c1. The van der Waals surface area contributed by atoms with E-state index in [-0.39, 0.29) is 11.6 Å². The highest BCUT2D eigenvalue weighted by Crippen LogP contribution is 2.17. The van der Waals surface area contributed by atoms with Crippen molar-refractivity contribution in [1.82, 2.24) is 5.32 Å². The number of hydrogen-bond donors (Lipinski definition) is 2. The predicted molar refractivity (Wildman–Crippen MR) is 79.1 cm³/mol. The molecule has 21 heavy (non-hydrogen) atoms. The van der Waals surface area contributed by atoms with Gasteiger partial charge in [0.05, 0.1) is 0 Å². The minimum Gasteiger partial charge on any atom is -0.326 e. The van der Waals surface area contributed by atoms with Crippen LogP contribution in [0.5, 0.6) is 0 Å². The maximum Gasteiger partial charge on any atom is 0.225 e. The first-order valence-electron chi connectivity index (χ1n) is 7.63. The molecule has 1 saturated carbocycles. The standard InChI is InChI=1S/C16H22F2N2O/c17-14-8-7-13(11-15(14)18)20-16(21)9-10-19-12-5-3-1-2-4-6-12/h7-8,11-12,19H,1-6,9-10H2,(H,20,21). The van der Waals surface area contributed by atoms with Gasteiger partial charge in [-0.25, -0.2) is 8.78 Å². The quantitative estimate of drug-likeness (QED) is 0.815. The average Bonchev–Trinajstić information content (AvgIpc) is 2.72. The minimum absolute atomic E-state index is 0.192. The molecule has 1 aliphatic carbocycles. The number of rotatable bonds is 5. The van der Waals surface area contributed by atoms with Gasteiger partial charge in [-0.2, -0.15) is 0 Å². The lowest BCUT2D eigenvalue weighted by Crippen LogP contribution is -2.31. The molecule has 5 heteroatoms. The van der Waals surface area contributed by atoms with E-state index in [9.17, 15) is 13.6 Å². The number of carbonyl (C=O) groups excluding carboxylic acids is 1. The highest BCUT2D eigenvalue weighted by atomic mass is 19.2. The monoisotopic (exact) mass is 296 g/mol. The number of hydrogen-bond acceptors (Lipinski definition) is 2. The molecule has 1 fully saturated rings. The molecule has 2 rings (SSSR count). The van der Waals surface area contributed by atoms with Gasteiger partial charge in [0.15, 0.2) is 11.6 Å². The first-order valence-corrected chi connectivity index (χ1v) is 7.63. The van der Waals surface area contributed by atoms with E-state index in [1.54, 1.807) is 0 Å². The van der Waals surface area contributed by atoms with E-state index in [0.29, 0.717) is 19.0 Å². The highest BCUT2D eigenvalue weighted by molar-refractivity contribution is 5.90. The first kappa shape index (κ1) is 15.9. The molecule has 116 valence electrons. The molecule has 2 N–H and O–H groups in total. The van der Waals surface area contributed by atoms with Gasteiger partial charge < -0.3 is 10.6 Å². The second-order valence-corrected chi connectivity index (χ2v) is 5.57. The molecule has 0 radical (unpaired) electrons. The lowest BCUT2D eigenvalue weighted by atomic mass is 10.1. The summed E-state index contributed by atoms with van der Waals surface area (Å²) in [6.07, 6.45) is 7.77. The molecular weight excluding hydrogens is 274 g/mol. The molecule has 0 bridgehead atoms. The smallest absolute Gasteiger partial charge is 0.225 e. The molecule has 0 saturated heterocycles. The van der Waals surface area contributed by atoms with Gasteiger partial charge in [-0.1, -0.05) is 25.7 Å². The van der Waals surface area contributed by atoms with Crippen LogP contribution in [0.3, 0.4) is 0 Å². The van der Waals surface area contributed by atoms with Crippen LogP contribution >= 0.6 is 0 Å². The van der Waals surface area contributed by atoms with Crippen LogP contribution in [0.2, 0.25) is 0 Å². The van der Waals surface area contributed by atoms with Gasteiger partial charge >= 0.3 is 0 Å². The molecule has 0 spiro atoms. The number of amides is 1. The highest BCUT2D eigenvalue weighted by Gasteiger charge is 2.12. The van der Waals surface area contributed by atoms with Gasteiger partial charge in [-0.15, -0.1) is 0 Å². The number of benzene rings is 1. The predicted octanol–water partition coefficient (Wildman–Crippen LogP) is 3.61. The van der Waals surface area contributed by atoms with Crippen molar-refractivity contribution < 1.29 is 13.6 Å². The lowest BCUT2D eigenvalue weighted by molar-refractivity contribution is -0.116. The Morgan fingerprint density at radius 1 is 1.10 bits per heavy atom. The summed E-state index contributed by atoms with van der Waals surface area (Å²) >= 11 is 0. The fraction of sp³-hybridized carbons (Fsp3) is 0.562. The van der Waals surface area contributed by atoms with Crippen LogP contribution in [-0.4, -0.2) is 18.5 Å². The molecule has 1 amide bonds. The topological polar surface area (TPSA) is 41.1 Å².